The molecule has 3 aromatic rings. The van der Waals surface area contributed by atoms with Crippen LogP contribution in [-0.4, -0.2) is 71.8 Å². The van der Waals surface area contributed by atoms with Crippen LogP contribution in [0.25, 0.3) is 0 Å². The van der Waals surface area contributed by atoms with Crippen molar-refractivity contribution >= 4 is 43.0 Å². The molecule has 1 aromatic heterocycles. The molecule has 36 heavy (non-hydrogen) atoms. The molecule has 5 rings (SSSR count). The van der Waals surface area contributed by atoms with Crippen LogP contribution < -0.4 is 9.04 Å². The van der Waals surface area contributed by atoms with Crippen LogP contribution in [0.1, 0.15) is 15.9 Å². The molecule has 0 spiro atoms. The van der Waals surface area contributed by atoms with Crippen molar-refractivity contribution in [2.24, 2.45) is 0 Å². The molecule has 2 aliphatic heterocycles. The minimum absolute atomic E-state index is 0.00209. The fourth-order valence-electron chi connectivity index (χ4n) is 4.54. The molecule has 0 aliphatic carbocycles. The molecule has 0 radical (unpaired) electrons. The van der Waals surface area contributed by atoms with Crippen LogP contribution in [0.4, 0.5) is 5.69 Å². The third-order valence-corrected chi connectivity index (χ3v) is 11.5. The number of carbonyl (C=O) groups is 1. The minimum atomic E-state index is -3.90. The van der Waals surface area contributed by atoms with Gasteiger partial charge in [0.2, 0.25) is 0 Å². The first-order chi connectivity index (χ1) is 17.2. The van der Waals surface area contributed by atoms with Gasteiger partial charge in [-0.3, -0.25) is 9.10 Å². The van der Waals surface area contributed by atoms with E-state index in [9.17, 15) is 21.6 Å². The number of anilines is 1. The summed E-state index contributed by atoms with van der Waals surface area (Å²) in [4.78, 5) is 15.0. The van der Waals surface area contributed by atoms with Gasteiger partial charge in [-0.15, -0.1) is 11.3 Å². The Bertz CT molecular complexity index is 1500. The highest BCUT2D eigenvalue weighted by molar-refractivity contribution is 7.93. The third-order valence-electron chi connectivity index (χ3n) is 6.45. The van der Waals surface area contributed by atoms with E-state index >= 15 is 0 Å². The zero-order valence-electron chi connectivity index (χ0n) is 19.5. The van der Waals surface area contributed by atoms with Gasteiger partial charge >= 0.3 is 0 Å². The van der Waals surface area contributed by atoms with Gasteiger partial charge in [-0.05, 0) is 47.7 Å². The summed E-state index contributed by atoms with van der Waals surface area (Å²) < 4.78 is 61.0. The lowest BCUT2D eigenvalue weighted by atomic mass is 10.1. The Morgan fingerprint density at radius 2 is 1.64 bits per heavy atom. The molecule has 0 bridgehead atoms. The summed E-state index contributed by atoms with van der Waals surface area (Å²) in [5.74, 6) is -0.145. The van der Waals surface area contributed by atoms with Gasteiger partial charge in [0.15, 0.2) is 0 Å². The van der Waals surface area contributed by atoms with Gasteiger partial charge in [-0.2, -0.15) is 4.31 Å². The van der Waals surface area contributed by atoms with Crippen molar-refractivity contribution < 1.29 is 26.4 Å². The molecule has 2 aromatic carbocycles. The topological polar surface area (TPSA) is 104 Å². The zero-order chi connectivity index (χ0) is 25.5. The Morgan fingerprint density at radius 1 is 0.889 bits per heavy atom. The number of carbonyl (C=O) groups excluding carboxylic acids is 1. The van der Waals surface area contributed by atoms with Gasteiger partial charge in [-0.25, -0.2) is 16.8 Å². The van der Waals surface area contributed by atoms with Crippen LogP contribution in [0.15, 0.2) is 69.1 Å². The average Bonchev–Trinajstić information content (AvgIpc) is 3.59. The molecule has 0 unspecified atom stereocenters. The second kappa shape index (κ2) is 9.51. The molecule has 9 nitrogen and oxygen atoms in total. The molecule has 0 N–H and O–H groups in total. The van der Waals surface area contributed by atoms with Gasteiger partial charge in [0.05, 0.1) is 23.3 Å². The summed E-state index contributed by atoms with van der Waals surface area (Å²) in [6.07, 6.45) is 0.621. The SMILES string of the molecule is COc1ccc(S(=O)(=O)N2CCc3ccccc32)cc1C(=O)N1CCN(S(=O)(=O)c2cccs2)CC1. The first kappa shape index (κ1) is 24.8. The second-order valence-electron chi connectivity index (χ2n) is 8.45. The minimum Gasteiger partial charge on any atom is -0.496 e. The zero-order valence-corrected chi connectivity index (χ0v) is 22.0. The van der Waals surface area contributed by atoms with E-state index in [1.165, 1.54) is 38.8 Å². The van der Waals surface area contributed by atoms with Crippen LogP contribution in [-0.2, 0) is 26.5 Å². The van der Waals surface area contributed by atoms with Crippen molar-refractivity contribution in [2.45, 2.75) is 15.5 Å². The Morgan fingerprint density at radius 3 is 2.33 bits per heavy atom. The predicted molar refractivity (Wildman–Crippen MR) is 137 cm³/mol. The fourth-order valence-corrected chi connectivity index (χ4v) is 8.64. The Balaban J connectivity index is 1.38. The second-order valence-corrected chi connectivity index (χ2v) is 13.4. The first-order valence-electron chi connectivity index (χ1n) is 11.3. The van der Waals surface area contributed by atoms with E-state index < -0.39 is 26.0 Å². The van der Waals surface area contributed by atoms with Crippen molar-refractivity contribution in [2.75, 3.05) is 44.1 Å². The molecule has 3 heterocycles. The van der Waals surface area contributed by atoms with E-state index in [0.29, 0.717) is 18.7 Å². The molecular weight excluding hydrogens is 522 g/mol. The maximum absolute atomic E-state index is 13.5. The monoisotopic (exact) mass is 547 g/mol. The van der Waals surface area contributed by atoms with E-state index in [1.807, 2.05) is 12.1 Å². The predicted octanol–water partition coefficient (Wildman–Crippen LogP) is 2.65. The van der Waals surface area contributed by atoms with Crippen LogP contribution in [0.5, 0.6) is 5.75 Å². The molecule has 0 saturated carbocycles. The number of methoxy groups -OCH3 is 1. The smallest absolute Gasteiger partial charge is 0.264 e. The van der Waals surface area contributed by atoms with Crippen molar-refractivity contribution in [3.8, 4) is 5.75 Å². The summed E-state index contributed by atoms with van der Waals surface area (Å²) in [6.45, 7) is 0.998. The standard InChI is InChI=1S/C24H25N3O6S3/c1-33-22-9-8-19(35(29,30)27-11-10-18-5-2-3-6-21(18)27)17-20(22)24(28)25-12-14-26(15-13-25)36(31,32)23-7-4-16-34-23/h2-9,16-17H,10-15H2,1H3. The number of thiophene rings is 1. The lowest BCUT2D eigenvalue weighted by molar-refractivity contribution is 0.0694. The number of benzene rings is 2. The highest BCUT2D eigenvalue weighted by Gasteiger charge is 2.34. The van der Waals surface area contributed by atoms with Gasteiger partial charge in [-0.1, -0.05) is 24.3 Å². The van der Waals surface area contributed by atoms with Crippen LogP contribution in [0.3, 0.4) is 0 Å². The molecule has 190 valence electrons. The molecule has 1 saturated heterocycles. The number of hydrogen-bond donors (Lipinski definition) is 0. The normalized spacial score (nSPS) is 16.7. The largest absolute Gasteiger partial charge is 0.496 e. The number of ether oxygens (including phenoxy) is 1. The van der Waals surface area contributed by atoms with E-state index in [-0.39, 0.29) is 46.6 Å². The van der Waals surface area contributed by atoms with E-state index in [4.69, 9.17) is 4.74 Å². The number of amides is 1. The number of fused-ring (bicyclic) bond motifs is 1. The summed E-state index contributed by atoms with van der Waals surface area (Å²) in [5.41, 5.74) is 1.73. The van der Waals surface area contributed by atoms with Gasteiger partial charge in [0, 0.05) is 32.7 Å². The lowest BCUT2D eigenvalue weighted by Crippen LogP contribution is -2.50. The number of sulfonamides is 2. The average molecular weight is 548 g/mol. The molecule has 1 fully saturated rings. The molecular formula is C24H25N3O6S3. The summed E-state index contributed by atoms with van der Waals surface area (Å²) in [6, 6.07) is 14.9. The molecule has 2 aliphatic rings. The van der Waals surface area contributed by atoms with Gasteiger partial charge < -0.3 is 9.64 Å². The fraction of sp³-hybridized carbons (Fsp3) is 0.292. The number of hydrogen-bond acceptors (Lipinski definition) is 7. The van der Waals surface area contributed by atoms with Crippen molar-refractivity contribution in [1.82, 2.24) is 9.21 Å². The van der Waals surface area contributed by atoms with E-state index in [1.54, 1.807) is 29.6 Å². The van der Waals surface area contributed by atoms with Crippen LogP contribution in [0.2, 0.25) is 0 Å². The molecule has 1 amide bonds. The number of rotatable bonds is 6. The van der Waals surface area contributed by atoms with Crippen LogP contribution in [0, 0.1) is 0 Å². The van der Waals surface area contributed by atoms with Crippen molar-refractivity contribution in [3.05, 3.63) is 71.1 Å². The number of nitrogens with zero attached hydrogens (tertiary/aromatic N) is 3. The molecule has 0 atom stereocenters. The lowest BCUT2D eigenvalue weighted by Gasteiger charge is -2.34. The summed E-state index contributed by atoms with van der Waals surface area (Å²) in [5, 5.41) is 1.71. The highest BCUT2D eigenvalue weighted by atomic mass is 32.2. The quantitative estimate of drug-likeness (QED) is 0.470. The highest BCUT2D eigenvalue weighted by Crippen LogP contribution is 2.34. The number of para-hydroxylation sites is 1. The van der Waals surface area contributed by atoms with Gasteiger partial charge in [0.1, 0.15) is 9.96 Å². The van der Waals surface area contributed by atoms with Crippen molar-refractivity contribution in [3.63, 3.8) is 0 Å². The summed E-state index contributed by atoms with van der Waals surface area (Å²) in [7, 11) is -6.08. The number of piperazine rings is 1. The maximum atomic E-state index is 13.5. The Hall–Kier alpha value is -2.93. The maximum Gasteiger partial charge on any atom is 0.264 e. The van der Waals surface area contributed by atoms with E-state index in [2.05, 4.69) is 0 Å². The Labute approximate surface area is 214 Å². The van der Waals surface area contributed by atoms with Crippen LogP contribution >= 0.6 is 11.3 Å². The first-order valence-corrected chi connectivity index (χ1v) is 15.1. The summed E-state index contributed by atoms with van der Waals surface area (Å²) >= 11 is 1.15. The van der Waals surface area contributed by atoms with Crippen molar-refractivity contribution in [1.29, 1.82) is 0 Å². The van der Waals surface area contributed by atoms with Gasteiger partial charge in [0.25, 0.3) is 26.0 Å². The van der Waals surface area contributed by atoms with E-state index in [0.717, 1.165) is 16.9 Å². The Kier molecular flexibility index (Phi) is 6.54. The third kappa shape index (κ3) is 4.27. The molecule has 12 heteroatoms.